The summed E-state index contributed by atoms with van der Waals surface area (Å²) in [5, 5.41) is 4.03. The zero-order valence-corrected chi connectivity index (χ0v) is 21.0. The normalized spacial score (nSPS) is 20.0. The molecular weight excluding hydrogens is 487 g/mol. The average Bonchev–Trinajstić information content (AvgIpc) is 2.99. The second-order valence-electron chi connectivity index (χ2n) is 9.74. The highest BCUT2D eigenvalue weighted by Gasteiger charge is 2.49. The van der Waals surface area contributed by atoms with Crippen LogP contribution in [0.3, 0.4) is 0 Å². The van der Waals surface area contributed by atoms with Crippen molar-refractivity contribution in [2.75, 3.05) is 0 Å². The summed E-state index contributed by atoms with van der Waals surface area (Å²) in [6.07, 6.45) is 0.341. The van der Waals surface area contributed by atoms with E-state index < -0.39 is 40.6 Å². The lowest BCUT2D eigenvalue weighted by atomic mass is 9.57. The lowest BCUT2D eigenvalue weighted by molar-refractivity contribution is -0.147. The first-order valence-electron chi connectivity index (χ1n) is 11.5. The maximum atomic E-state index is 14.8. The molecule has 182 valence electrons. The molecule has 2 unspecified atom stereocenters. The van der Waals surface area contributed by atoms with Gasteiger partial charge in [0.2, 0.25) is 11.8 Å². The minimum absolute atomic E-state index is 0.127. The maximum absolute atomic E-state index is 14.8. The number of amides is 4. The number of carbonyl (C=O) groups excluding carboxylic acids is 4. The maximum Gasteiger partial charge on any atom is 0.349 e. The fourth-order valence-electron chi connectivity index (χ4n) is 4.96. The number of nitrogens with zero attached hydrogens (tertiary/aromatic N) is 1. The van der Waals surface area contributed by atoms with Gasteiger partial charge in [0, 0.05) is 33.8 Å². The van der Waals surface area contributed by atoms with Crippen LogP contribution in [-0.4, -0.2) is 66.0 Å². The van der Waals surface area contributed by atoms with Gasteiger partial charge in [-0.1, -0.05) is 41.3 Å². The monoisotopic (exact) mass is 509 g/mol. The van der Waals surface area contributed by atoms with E-state index in [0.717, 1.165) is 12.1 Å². The number of rotatable bonds is 5. The van der Waals surface area contributed by atoms with E-state index >= 15 is 0 Å². The second kappa shape index (κ2) is 9.10. The van der Waals surface area contributed by atoms with Crippen molar-refractivity contribution in [3.05, 3.63) is 63.7 Å². The summed E-state index contributed by atoms with van der Waals surface area (Å²) in [4.78, 5) is 51.6. The molecule has 1 fully saturated rings. The highest BCUT2D eigenvalue weighted by atomic mass is 35.5. The average molecular weight is 509 g/mol. The van der Waals surface area contributed by atoms with Gasteiger partial charge >= 0.3 is 5.92 Å². The standard InChI is InChI=1S/C22H22B4ClF2N3O4/c23-13-8-9(17(24)31-20(36)21(28,29)10-1-3-11(27)4-2-10)7-12-16(13)19(35)32(22(12,25)26)14-5-6-15(33)30-18(14)34/h1-4,7-8,14,17H,5-6,23-26H2,(H,31,36)(H,30,33,34). The molecule has 4 amide bonds. The number of nitrogens with one attached hydrogen (secondary N) is 2. The molecule has 1 saturated heterocycles. The molecule has 0 aromatic heterocycles. The van der Waals surface area contributed by atoms with Gasteiger partial charge in [-0.15, -0.1) is 0 Å². The number of hydrogen-bond acceptors (Lipinski definition) is 4. The topological polar surface area (TPSA) is 95.6 Å². The van der Waals surface area contributed by atoms with Crippen molar-refractivity contribution in [3.63, 3.8) is 0 Å². The van der Waals surface area contributed by atoms with Crippen molar-refractivity contribution in [1.82, 2.24) is 15.5 Å². The Morgan fingerprint density at radius 3 is 2.44 bits per heavy atom. The molecule has 14 heteroatoms. The Labute approximate surface area is 215 Å². The number of fused-ring (bicyclic) bond motifs is 1. The van der Waals surface area contributed by atoms with Crippen molar-refractivity contribution in [2.24, 2.45) is 0 Å². The number of hydrogen-bond donors (Lipinski definition) is 2. The number of piperidine rings is 1. The molecule has 0 radical (unpaired) electrons. The number of imide groups is 1. The van der Waals surface area contributed by atoms with Gasteiger partial charge in [-0.25, -0.2) is 0 Å². The Morgan fingerprint density at radius 1 is 1.19 bits per heavy atom. The van der Waals surface area contributed by atoms with Gasteiger partial charge in [0.05, 0.1) is 0 Å². The molecular formula is C22H22B4ClF2N3O4. The molecule has 0 bridgehead atoms. The molecule has 0 saturated carbocycles. The van der Waals surface area contributed by atoms with Crippen LogP contribution < -0.4 is 16.1 Å². The third kappa shape index (κ3) is 4.34. The smallest absolute Gasteiger partial charge is 0.349 e. The quantitative estimate of drug-likeness (QED) is 0.353. The fraction of sp³-hybridized carbons (Fsp3) is 0.273. The summed E-state index contributed by atoms with van der Waals surface area (Å²) in [5.41, 5.74) is 1.71. The van der Waals surface area contributed by atoms with E-state index in [1.807, 2.05) is 0 Å². The van der Waals surface area contributed by atoms with Crippen LogP contribution in [0.2, 0.25) is 5.02 Å². The lowest BCUT2D eigenvalue weighted by Crippen LogP contribution is -2.59. The number of carbonyl (C=O) groups is 4. The van der Waals surface area contributed by atoms with E-state index in [1.54, 1.807) is 43.5 Å². The van der Waals surface area contributed by atoms with E-state index in [1.165, 1.54) is 17.0 Å². The van der Waals surface area contributed by atoms with E-state index in [2.05, 4.69) is 10.6 Å². The molecule has 7 nitrogen and oxygen atoms in total. The summed E-state index contributed by atoms with van der Waals surface area (Å²) in [7, 11) is 6.89. The lowest BCUT2D eigenvalue weighted by Gasteiger charge is -2.40. The number of alkyl halides is 2. The first-order chi connectivity index (χ1) is 16.7. The zero-order chi connectivity index (χ0) is 26.6. The molecule has 4 rings (SSSR count). The predicted molar refractivity (Wildman–Crippen MR) is 141 cm³/mol. The van der Waals surface area contributed by atoms with Gasteiger partial charge < -0.3 is 10.2 Å². The summed E-state index contributed by atoms with van der Waals surface area (Å²) < 4.78 is 29.6. The van der Waals surface area contributed by atoms with Crippen LogP contribution in [0.5, 0.6) is 0 Å². The second-order valence-corrected chi connectivity index (χ2v) is 10.2. The Morgan fingerprint density at radius 2 is 1.83 bits per heavy atom. The first kappa shape index (κ1) is 26.0. The molecule has 2 atom stereocenters. The molecule has 0 spiro atoms. The molecule has 2 aromatic rings. The van der Waals surface area contributed by atoms with Crippen molar-refractivity contribution in [2.45, 2.75) is 36.1 Å². The predicted octanol–water partition coefficient (Wildman–Crippen LogP) is -2.22. The van der Waals surface area contributed by atoms with E-state index in [9.17, 15) is 28.0 Å². The Bertz CT molecular complexity index is 1290. The van der Waals surface area contributed by atoms with Gasteiger partial charge in [-0.2, -0.15) is 8.78 Å². The first-order valence-corrected chi connectivity index (χ1v) is 11.9. The number of benzene rings is 2. The summed E-state index contributed by atoms with van der Waals surface area (Å²) in [6, 6.07) is 7.35. The Balaban J connectivity index is 1.62. The van der Waals surface area contributed by atoms with Crippen LogP contribution >= 0.6 is 11.6 Å². The van der Waals surface area contributed by atoms with Crippen molar-refractivity contribution in [1.29, 1.82) is 0 Å². The van der Waals surface area contributed by atoms with Crippen LogP contribution in [-0.2, 0) is 25.6 Å². The third-order valence-electron chi connectivity index (χ3n) is 6.91. The van der Waals surface area contributed by atoms with Gasteiger partial charge in [-0.05, 0) is 29.7 Å². The van der Waals surface area contributed by atoms with Crippen LogP contribution in [0.25, 0.3) is 0 Å². The minimum Gasteiger partial charge on any atom is -0.352 e. The SMILES string of the molecule is Bc1cc(C(B)NC(=O)C(F)(F)c2ccc(Cl)cc2)cc2c1C(=O)N(C1CCC(=O)NC1=O)C2(B)B. The molecule has 2 aromatic carbocycles. The van der Waals surface area contributed by atoms with Crippen LogP contribution in [0, 0.1) is 0 Å². The summed E-state index contributed by atoms with van der Waals surface area (Å²) >= 11 is 5.76. The summed E-state index contributed by atoms with van der Waals surface area (Å²) in [6.45, 7) is 0. The third-order valence-corrected chi connectivity index (χ3v) is 7.17. The van der Waals surface area contributed by atoms with Crippen LogP contribution in [0.4, 0.5) is 8.78 Å². The van der Waals surface area contributed by atoms with Crippen LogP contribution in [0.1, 0.15) is 45.8 Å². The van der Waals surface area contributed by atoms with Gasteiger partial charge in [-0.3, -0.25) is 24.5 Å². The molecule has 36 heavy (non-hydrogen) atoms. The van der Waals surface area contributed by atoms with Gasteiger partial charge in [0.1, 0.15) is 37.4 Å². The molecule has 2 aliphatic heterocycles. The van der Waals surface area contributed by atoms with Crippen molar-refractivity contribution < 1.29 is 28.0 Å². The Hall–Kier alpha value is -3.07. The van der Waals surface area contributed by atoms with Crippen molar-refractivity contribution >= 4 is 72.1 Å². The Kier molecular flexibility index (Phi) is 6.58. The molecule has 0 aliphatic carbocycles. The largest absolute Gasteiger partial charge is 0.352 e. The van der Waals surface area contributed by atoms with Gasteiger partial charge in [0.15, 0.2) is 0 Å². The van der Waals surface area contributed by atoms with E-state index in [-0.39, 0.29) is 29.7 Å². The molecule has 2 N–H and O–H groups in total. The van der Waals surface area contributed by atoms with Crippen LogP contribution in [0.15, 0.2) is 36.4 Å². The highest BCUT2D eigenvalue weighted by Crippen LogP contribution is 2.38. The van der Waals surface area contributed by atoms with Gasteiger partial charge in [0.25, 0.3) is 11.8 Å². The van der Waals surface area contributed by atoms with E-state index in [0.29, 0.717) is 22.2 Å². The molecule has 2 aliphatic rings. The fourth-order valence-corrected chi connectivity index (χ4v) is 5.08. The summed E-state index contributed by atoms with van der Waals surface area (Å²) in [5.74, 6) is -7.27. The number of halogens is 3. The molecule has 2 heterocycles. The van der Waals surface area contributed by atoms with E-state index in [4.69, 9.17) is 11.6 Å². The van der Waals surface area contributed by atoms with Crippen molar-refractivity contribution in [3.8, 4) is 0 Å². The zero-order valence-electron chi connectivity index (χ0n) is 20.2. The highest BCUT2D eigenvalue weighted by molar-refractivity contribution is 6.45. The minimum atomic E-state index is -3.78.